The number of ether oxygens (including phenoxy) is 1. The molecular formula is C17H17N3O. The van der Waals surface area contributed by atoms with E-state index in [0.29, 0.717) is 6.61 Å². The second-order valence-electron chi connectivity index (χ2n) is 4.51. The van der Waals surface area contributed by atoms with Crippen molar-refractivity contribution < 1.29 is 4.74 Å². The van der Waals surface area contributed by atoms with Crippen molar-refractivity contribution in [1.82, 2.24) is 9.55 Å². The zero-order valence-electron chi connectivity index (χ0n) is 11.9. The summed E-state index contributed by atoms with van der Waals surface area (Å²) >= 11 is 0. The monoisotopic (exact) mass is 279 g/mol. The van der Waals surface area contributed by atoms with Crippen LogP contribution < -0.4 is 10.1 Å². The van der Waals surface area contributed by atoms with Gasteiger partial charge in [-0.05, 0) is 31.2 Å². The van der Waals surface area contributed by atoms with Crippen molar-refractivity contribution in [3.05, 3.63) is 67.0 Å². The fourth-order valence-electron chi connectivity index (χ4n) is 2.16. The summed E-state index contributed by atoms with van der Waals surface area (Å²) in [5, 5.41) is 3.33. The van der Waals surface area contributed by atoms with E-state index in [4.69, 9.17) is 4.74 Å². The van der Waals surface area contributed by atoms with Crippen molar-refractivity contribution in [2.75, 3.05) is 11.9 Å². The lowest BCUT2D eigenvalue weighted by Crippen LogP contribution is -2.03. The summed E-state index contributed by atoms with van der Waals surface area (Å²) in [5.74, 6) is 1.58. The van der Waals surface area contributed by atoms with Crippen LogP contribution in [0.3, 0.4) is 0 Å². The quantitative estimate of drug-likeness (QED) is 0.767. The molecule has 0 spiro atoms. The van der Waals surface area contributed by atoms with E-state index in [1.54, 1.807) is 6.20 Å². The van der Waals surface area contributed by atoms with E-state index in [9.17, 15) is 0 Å². The van der Waals surface area contributed by atoms with Gasteiger partial charge in [0.2, 0.25) is 5.95 Å². The molecule has 1 N–H and O–H groups in total. The Bertz CT molecular complexity index is 707. The van der Waals surface area contributed by atoms with Gasteiger partial charge < -0.3 is 10.1 Å². The van der Waals surface area contributed by atoms with E-state index in [-0.39, 0.29) is 0 Å². The van der Waals surface area contributed by atoms with Crippen molar-refractivity contribution in [1.29, 1.82) is 0 Å². The number of hydrogen-bond donors (Lipinski definition) is 1. The van der Waals surface area contributed by atoms with Crippen LogP contribution in [0.1, 0.15) is 6.92 Å². The van der Waals surface area contributed by atoms with Gasteiger partial charge in [0.25, 0.3) is 0 Å². The van der Waals surface area contributed by atoms with Crippen molar-refractivity contribution in [3.8, 4) is 11.4 Å². The van der Waals surface area contributed by atoms with Crippen molar-refractivity contribution in [2.24, 2.45) is 0 Å². The van der Waals surface area contributed by atoms with Crippen LogP contribution in [0, 0.1) is 0 Å². The molecule has 3 rings (SSSR count). The predicted molar refractivity (Wildman–Crippen MR) is 84.5 cm³/mol. The number of nitrogens with zero attached hydrogens (tertiary/aromatic N) is 2. The molecule has 2 aromatic carbocycles. The highest BCUT2D eigenvalue weighted by atomic mass is 16.5. The second-order valence-corrected chi connectivity index (χ2v) is 4.51. The molecule has 3 aromatic rings. The summed E-state index contributed by atoms with van der Waals surface area (Å²) in [6.07, 6.45) is 3.71. The van der Waals surface area contributed by atoms with E-state index >= 15 is 0 Å². The molecule has 0 aliphatic carbocycles. The van der Waals surface area contributed by atoms with E-state index in [0.717, 1.165) is 23.1 Å². The van der Waals surface area contributed by atoms with Crippen molar-refractivity contribution in [3.63, 3.8) is 0 Å². The van der Waals surface area contributed by atoms with Crippen LogP contribution in [0.4, 0.5) is 11.6 Å². The summed E-state index contributed by atoms with van der Waals surface area (Å²) < 4.78 is 7.63. The molecule has 4 nitrogen and oxygen atoms in total. The number of imidazole rings is 1. The van der Waals surface area contributed by atoms with Gasteiger partial charge in [0, 0.05) is 18.1 Å². The van der Waals surface area contributed by atoms with E-state index in [2.05, 4.69) is 10.3 Å². The van der Waals surface area contributed by atoms with Gasteiger partial charge in [-0.1, -0.05) is 30.3 Å². The number of hydrogen-bond acceptors (Lipinski definition) is 3. The first-order chi connectivity index (χ1) is 10.4. The first kappa shape index (κ1) is 13.2. The summed E-state index contributed by atoms with van der Waals surface area (Å²) in [6, 6.07) is 18.0. The average Bonchev–Trinajstić information content (AvgIpc) is 2.99. The molecule has 0 fully saturated rings. The van der Waals surface area contributed by atoms with Crippen LogP contribution in [0.25, 0.3) is 5.69 Å². The number of rotatable bonds is 5. The lowest BCUT2D eigenvalue weighted by Gasteiger charge is -2.13. The number of benzene rings is 2. The van der Waals surface area contributed by atoms with Gasteiger partial charge in [-0.3, -0.25) is 4.57 Å². The first-order valence-electron chi connectivity index (χ1n) is 6.96. The minimum Gasteiger partial charge on any atom is -0.492 e. The number of nitrogens with one attached hydrogen (secondary N) is 1. The molecular weight excluding hydrogens is 262 g/mol. The molecule has 0 aliphatic rings. The fourth-order valence-corrected chi connectivity index (χ4v) is 2.16. The summed E-state index contributed by atoms with van der Waals surface area (Å²) in [7, 11) is 0. The zero-order chi connectivity index (χ0) is 14.5. The highest BCUT2D eigenvalue weighted by molar-refractivity contribution is 5.63. The largest absolute Gasteiger partial charge is 0.492 e. The summed E-state index contributed by atoms with van der Waals surface area (Å²) in [6.45, 7) is 2.60. The normalized spacial score (nSPS) is 10.3. The summed E-state index contributed by atoms with van der Waals surface area (Å²) in [4.78, 5) is 4.39. The first-order valence-corrected chi connectivity index (χ1v) is 6.96. The van der Waals surface area contributed by atoms with E-state index < -0.39 is 0 Å². The molecule has 0 atom stereocenters. The highest BCUT2D eigenvalue weighted by Crippen LogP contribution is 2.27. The van der Waals surface area contributed by atoms with Gasteiger partial charge in [0.05, 0.1) is 12.3 Å². The van der Waals surface area contributed by atoms with Crippen LogP contribution in [-0.4, -0.2) is 16.2 Å². The predicted octanol–water partition coefficient (Wildman–Crippen LogP) is 4.01. The topological polar surface area (TPSA) is 39.1 Å². The minimum atomic E-state index is 0.631. The third kappa shape index (κ3) is 2.89. The molecule has 0 unspecified atom stereocenters. The minimum absolute atomic E-state index is 0.631. The van der Waals surface area contributed by atoms with E-state index in [1.165, 1.54) is 0 Å². The van der Waals surface area contributed by atoms with Crippen LogP contribution >= 0.6 is 0 Å². The Hall–Kier alpha value is -2.75. The molecule has 0 radical (unpaired) electrons. The maximum absolute atomic E-state index is 5.63. The lowest BCUT2D eigenvalue weighted by molar-refractivity contribution is 0.342. The smallest absolute Gasteiger partial charge is 0.212 e. The molecule has 0 aliphatic heterocycles. The molecule has 0 amide bonds. The Morgan fingerprint density at radius 1 is 1.05 bits per heavy atom. The van der Waals surface area contributed by atoms with E-state index in [1.807, 2.05) is 72.3 Å². The SMILES string of the molecule is CCOc1ccccc1Nc1nccn1-c1ccccc1. The summed E-state index contributed by atoms with van der Waals surface area (Å²) in [5.41, 5.74) is 1.97. The van der Waals surface area contributed by atoms with Crippen molar-refractivity contribution >= 4 is 11.6 Å². The van der Waals surface area contributed by atoms with Crippen LogP contribution in [0.15, 0.2) is 67.0 Å². The van der Waals surface area contributed by atoms with Crippen molar-refractivity contribution in [2.45, 2.75) is 6.92 Å². The fraction of sp³-hybridized carbons (Fsp3) is 0.118. The molecule has 1 heterocycles. The Morgan fingerprint density at radius 2 is 1.81 bits per heavy atom. The third-order valence-electron chi connectivity index (χ3n) is 3.11. The molecule has 1 aromatic heterocycles. The van der Waals surface area contributed by atoms with Gasteiger partial charge in [-0.2, -0.15) is 0 Å². The maximum Gasteiger partial charge on any atom is 0.212 e. The van der Waals surface area contributed by atoms with Gasteiger partial charge in [-0.25, -0.2) is 4.98 Å². The average molecular weight is 279 g/mol. The van der Waals surface area contributed by atoms with Gasteiger partial charge in [0.15, 0.2) is 0 Å². The maximum atomic E-state index is 5.63. The van der Waals surface area contributed by atoms with Gasteiger partial charge in [-0.15, -0.1) is 0 Å². The number of aromatic nitrogens is 2. The number of anilines is 2. The molecule has 0 saturated carbocycles. The molecule has 21 heavy (non-hydrogen) atoms. The number of para-hydroxylation sites is 3. The molecule has 106 valence electrons. The molecule has 0 bridgehead atoms. The zero-order valence-corrected chi connectivity index (χ0v) is 11.9. The van der Waals surface area contributed by atoms with Crippen LogP contribution in [0.2, 0.25) is 0 Å². The van der Waals surface area contributed by atoms with Gasteiger partial charge in [0.1, 0.15) is 5.75 Å². The standard InChI is InChI=1S/C17H17N3O/c1-2-21-16-11-7-6-10-15(16)19-17-18-12-13-20(17)14-8-4-3-5-9-14/h3-13H,2H2,1H3,(H,18,19). The molecule has 0 saturated heterocycles. The Morgan fingerprint density at radius 3 is 2.62 bits per heavy atom. The lowest BCUT2D eigenvalue weighted by atomic mass is 10.3. The highest BCUT2D eigenvalue weighted by Gasteiger charge is 2.08. The third-order valence-corrected chi connectivity index (χ3v) is 3.11. The second kappa shape index (κ2) is 6.13. The van der Waals surface area contributed by atoms with Crippen LogP contribution in [-0.2, 0) is 0 Å². The van der Waals surface area contributed by atoms with Gasteiger partial charge >= 0.3 is 0 Å². The molecule has 4 heteroatoms. The Balaban J connectivity index is 1.92. The van der Waals surface area contributed by atoms with Crippen LogP contribution in [0.5, 0.6) is 5.75 Å². The Labute approximate surface area is 124 Å². The Kier molecular flexibility index (Phi) is 3.87.